The van der Waals surface area contributed by atoms with Gasteiger partial charge in [0, 0.05) is 30.0 Å². The maximum atomic E-state index is 12.3. The van der Waals surface area contributed by atoms with Gasteiger partial charge in [0.2, 0.25) is 11.6 Å². The van der Waals surface area contributed by atoms with Gasteiger partial charge in [-0.2, -0.15) is 0 Å². The zero-order valence-electron chi connectivity index (χ0n) is 17.5. The molecule has 0 bridgehead atoms. The van der Waals surface area contributed by atoms with Gasteiger partial charge >= 0.3 is 0 Å². The molecule has 164 valence electrons. The zero-order valence-corrected chi connectivity index (χ0v) is 18.3. The Kier molecular flexibility index (Phi) is 8.17. The van der Waals surface area contributed by atoms with Gasteiger partial charge in [-0.15, -0.1) is 0 Å². The lowest BCUT2D eigenvalue weighted by atomic mass is 10.3. The molecule has 1 aromatic heterocycles. The number of amides is 1. The molecule has 0 aliphatic heterocycles. The molecule has 0 aliphatic rings. The number of rotatable bonds is 11. The van der Waals surface area contributed by atoms with Crippen LogP contribution in [0.4, 0.5) is 5.69 Å². The van der Waals surface area contributed by atoms with Crippen LogP contribution in [0.5, 0.6) is 17.4 Å². The van der Waals surface area contributed by atoms with E-state index in [4.69, 9.17) is 14.0 Å². The van der Waals surface area contributed by atoms with Crippen LogP contribution in [0.25, 0.3) is 5.69 Å². The number of unbranched alkanes of at least 4 members (excludes halogenated alkanes) is 1. The Labute approximate surface area is 185 Å². The van der Waals surface area contributed by atoms with Crippen LogP contribution in [0, 0.1) is 0 Å². The second-order valence-electron chi connectivity index (χ2n) is 6.65. The summed E-state index contributed by atoms with van der Waals surface area (Å²) in [6.45, 7) is 2.79. The van der Waals surface area contributed by atoms with Crippen molar-refractivity contribution in [3.63, 3.8) is 0 Å². The van der Waals surface area contributed by atoms with Gasteiger partial charge in [-0.25, -0.2) is 0 Å². The third-order valence-corrected chi connectivity index (χ3v) is 5.38. The minimum atomic E-state index is -0.542. The predicted octanol–water partition coefficient (Wildman–Crippen LogP) is 3.33. The van der Waals surface area contributed by atoms with Gasteiger partial charge in [0.15, 0.2) is 5.95 Å². The summed E-state index contributed by atoms with van der Waals surface area (Å²) in [5, 5.41) is 19.0. The van der Waals surface area contributed by atoms with Crippen molar-refractivity contribution in [3.8, 4) is 23.1 Å². The Hall–Kier alpha value is -3.20. The normalized spacial score (nSPS) is 10.6. The molecule has 1 heterocycles. The lowest BCUT2D eigenvalue weighted by Crippen LogP contribution is -2.34. The monoisotopic (exact) mass is 443 g/mol. The summed E-state index contributed by atoms with van der Waals surface area (Å²) in [6, 6.07) is 14.4. The van der Waals surface area contributed by atoms with Gasteiger partial charge < -0.3 is 24.4 Å². The molecule has 1 N–H and O–H groups in total. The molecule has 0 radical (unpaired) electrons. The van der Waals surface area contributed by atoms with Crippen LogP contribution in [-0.2, 0) is 4.79 Å². The van der Waals surface area contributed by atoms with E-state index in [0.717, 1.165) is 18.6 Å². The number of anilines is 1. The number of hydrogen-bond acceptors (Lipinski definition) is 7. The number of carbonyl (C=O) groups is 1. The number of benzene rings is 2. The number of nitrogens with one attached hydrogen (secondary N) is 1. The van der Waals surface area contributed by atoms with Gasteiger partial charge in [-0.3, -0.25) is 4.79 Å². The minimum Gasteiger partial charge on any atom is -0.538 e. The van der Waals surface area contributed by atoms with Crippen molar-refractivity contribution in [1.29, 1.82) is 0 Å². The average Bonchev–Trinajstić information content (AvgIpc) is 3.15. The largest absolute Gasteiger partial charge is 0.538 e. The van der Waals surface area contributed by atoms with E-state index in [2.05, 4.69) is 17.5 Å². The van der Waals surface area contributed by atoms with E-state index in [1.807, 2.05) is 12.1 Å². The fraction of sp³-hybridized carbons (Fsp3) is 0.318. The summed E-state index contributed by atoms with van der Waals surface area (Å²) in [5.41, 5.74) is 1.36. The lowest BCUT2D eigenvalue weighted by Gasteiger charge is -2.08. The molecule has 0 saturated carbocycles. The Bertz CT molecular complexity index is 974. The quantitative estimate of drug-likeness (QED) is 0.276. The lowest BCUT2D eigenvalue weighted by molar-refractivity contribution is -0.705. The molecular weight excluding hydrogens is 418 g/mol. The fourth-order valence-corrected chi connectivity index (χ4v) is 3.58. The number of methoxy groups -OCH3 is 1. The van der Waals surface area contributed by atoms with Crippen molar-refractivity contribution < 1.29 is 28.6 Å². The molecule has 3 aromatic rings. The Morgan fingerprint density at radius 3 is 2.55 bits per heavy atom. The highest BCUT2D eigenvalue weighted by Gasteiger charge is 2.21. The summed E-state index contributed by atoms with van der Waals surface area (Å²) in [5.74, 6) is 1.19. The van der Waals surface area contributed by atoms with Crippen LogP contribution in [0.3, 0.4) is 0 Å². The molecule has 8 nitrogen and oxygen atoms in total. The summed E-state index contributed by atoms with van der Waals surface area (Å²) in [6.07, 6.45) is 2.31. The second-order valence-corrected chi connectivity index (χ2v) is 7.73. The van der Waals surface area contributed by atoms with Crippen molar-refractivity contribution in [3.05, 3.63) is 48.5 Å². The number of hydrogen-bond donors (Lipinski definition) is 1. The summed E-state index contributed by atoms with van der Waals surface area (Å²) >= 11 is 1.22. The zero-order chi connectivity index (χ0) is 22.1. The summed E-state index contributed by atoms with van der Waals surface area (Å²) < 4.78 is 17.0. The van der Waals surface area contributed by atoms with Crippen LogP contribution >= 0.6 is 11.8 Å². The van der Waals surface area contributed by atoms with Crippen molar-refractivity contribution in [2.24, 2.45) is 0 Å². The fourth-order valence-electron chi connectivity index (χ4n) is 2.68. The SMILES string of the molecule is CCCCOc1ccc(NC(=O)CCSc2c([O-])on[n+]2-c2ccc(OC)cc2)cc1. The van der Waals surface area contributed by atoms with Gasteiger partial charge in [0.1, 0.15) is 11.5 Å². The second kappa shape index (κ2) is 11.3. The Balaban J connectivity index is 1.51. The first kappa shape index (κ1) is 22.5. The Morgan fingerprint density at radius 2 is 1.87 bits per heavy atom. The molecule has 0 aliphatic carbocycles. The molecule has 3 rings (SSSR count). The van der Waals surface area contributed by atoms with E-state index >= 15 is 0 Å². The van der Waals surface area contributed by atoms with E-state index in [9.17, 15) is 9.90 Å². The van der Waals surface area contributed by atoms with E-state index < -0.39 is 5.95 Å². The van der Waals surface area contributed by atoms with Crippen molar-refractivity contribution in [1.82, 2.24) is 5.27 Å². The first-order chi connectivity index (χ1) is 15.1. The van der Waals surface area contributed by atoms with Crippen molar-refractivity contribution >= 4 is 23.4 Å². The number of thioether (sulfide) groups is 1. The van der Waals surface area contributed by atoms with Crippen LogP contribution in [0.2, 0.25) is 0 Å². The molecule has 0 spiro atoms. The van der Waals surface area contributed by atoms with Crippen LogP contribution in [-0.4, -0.2) is 30.6 Å². The van der Waals surface area contributed by atoms with Crippen molar-refractivity contribution in [2.75, 3.05) is 24.8 Å². The highest BCUT2D eigenvalue weighted by molar-refractivity contribution is 7.99. The molecule has 0 fully saturated rings. The average molecular weight is 444 g/mol. The van der Waals surface area contributed by atoms with Gasteiger partial charge in [0.25, 0.3) is 5.03 Å². The topological polar surface area (TPSA) is 101 Å². The van der Waals surface area contributed by atoms with E-state index in [0.29, 0.717) is 34.5 Å². The smallest absolute Gasteiger partial charge is 0.297 e. The van der Waals surface area contributed by atoms with Gasteiger partial charge in [-0.05, 0) is 47.5 Å². The van der Waals surface area contributed by atoms with E-state index in [-0.39, 0.29) is 12.3 Å². The number of carbonyl (C=O) groups excluding carboxylic acids is 1. The molecule has 0 atom stereocenters. The molecule has 2 aromatic carbocycles. The van der Waals surface area contributed by atoms with Gasteiger partial charge in [0.05, 0.1) is 19.0 Å². The standard InChI is InChI=1S/C22H25N3O5S/c1-3-4-14-29-19-9-5-16(6-10-19)23-20(26)13-15-31-21-22(27)30-24-25(21)17-7-11-18(28-2)12-8-17/h5-12H,3-4,13-15H2,1-2H3,(H-,23,24,26,27). The third kappa shape index (κ3) is 6.39. The summed E-state index contributed by atoms with van der Waals surface area (Å²) in [4.78, 5) is 12.3. The Morgan fingerprint density at radius 1 is 1.16 bits per heavy atom. The van der Waals surface area contributed by atoms with Crippen molar-refractivity contribution in [2.45, 2.75) is 31.2 Å². The number of aromatic nitrogens is 2. The maximum absolute atomic E-state index is 12.3. The summed E-state index contributed by atoms with van der Waals surface area (Å²) in [7, 11) is 1.58. The van der Waals surface area contributed by atoms with Crippen LogP contribution in [0.1, 0.15) is 26.2 Å². The third-order valence-electron chi connectivity index (χ3n) is 4.36. The minimum absolute atomic E-state index is 0.146. The van der Waals surface area contributed by atoms with E-state index in [1.54, 1.807) is 43.5 Å². The molecule has 31 heavy (non-hydrogen) atoms. The number of ether oxygens (including phenoxy) is 2. The molecule has 1 amide bonds. The first-order valence-electron chi connectivity index (χ1n) is 9.99. The molecule has 0 saturated heterocycles. The molecule has 0 unspecified atom stereocenters. The highest BCUT2D eigenvalue weighted by atomic mass is 32.2. The predicted molar refractivity (Wildman–Crippen MR) is 115 cm³/mol. The maximum Gasteiger partial charge on any atom is 0.297 e. The van der Waals surface area contributed by atoms with Crippen LogP contribution < -0.4 is 24.6 Å². The highest BCUT2D eigenvalue weighted by Crippen LogP contribution is 2.24. The molecular formula is C22H25N3O5S. The number of nitrogens with zero attached hydrogens (tertiary/aromatic N) is 2. The van der Waals surface area contributed by atoms with E-state index in [1.165, 1.54) is 16.4 Å². The van der Waals surface area contributed by atoms with Crippen LogP contribution in [0.15, 0.2) is 58.1 Å². The first-order valence-corrected chi connectivity index (χ1v) is 11.0. The van der Waals surface area contributed by atoms with Gasteiger partial charge in [-0.1, -0.05) is 25.1 Å². The molecule has 9 heteroatoms.